The first-order chi connectivity index (χ1) is 10.6. The van der Waals surface area contributed by atoms with Gasteiger partial charge in [-0.2, -0.15) is 0 Å². The molecule has 1 aromatic heterocycles. The molecule has 0 radical (unpaired) electrons. The molecule has 3 rings (SSSR count). The Hall–Kier alpha value is -1.04. The third-order valence-electron chi connectivity index (χ3n) is 5.05. The fourth-order valence-corrected chi connectivity index (χ4v) is 4.94. The van der Waals surface area contributed by atoms with Crippen LogP contribution in [-0.4, -0.2) is 43.4 Å². The van der Waals surface area contributed by atoms with E-state index in [1.807, 2.05) is 4.57 Å². The molecule has 1 saturated carbocycles. The van der Waals surface area contributed by atoms with E-state index in [2.05, 4.69) is 35.9 Å². The van der Waals surface area contributed by atoms with E-state index in [1.165, 1.54) is 43.9 Å². The minimum absolute atomic E-state index is 0.269. The largest absolute Gasteiger partial charge is 0.336 e. The van der Waals surface area contributed by atoms with Crippen LogP contribution < -0.4 is 0 Å². The number of hydrogen-bond acceptors (Lipinski definition) is 4. The highest BCUT2D eigenvalue weighted by Crippen LogP contribution is 2.39. The number of nitrogens with zero attached hydrogens (tertiary/aromatic N) is 4. The van der Waals surface area contributed by atoms with Crippen molar-refractivity contribution in [1.82, 2.24) is 19.7 Å². The van der Waals surface area contributed by atoms with Crippen molar-refractivity contribution < 1.29 is 4.79 Å². The van der Waals surface area contributed by atoms with Gasteiger partial charge in [-0.25, -0.2) is 0 Å². The van der Waals surface area contributed by atoms with Crippen LogP contribution in [0.5, 0.6) is 0 Å². The van der Waals surface area contributed by atoms with Crippen LogP contribution in [0.4, 0.5) is 0 Å². The Balaban J connectivity index is 1.63. The summed E-state index contributed by atoms with van der Waals surface area (Å²) in [5.41, 5.74) is 0. The Morgan fingerprint density at radius 2 is 2.18 bits per heavy atom. The second-order valence-corrected chi connectivity index (χ2v) is 7.84. The fourth-order valence-electron chi connectivity index (χ4n) is 4.03. The molecular formula is C16H26N4OS. The molecular weight excluding hydrogens is 296 g/mol. The quantitative estimate of drug-likeness (QED) is 0.799. The summed E-state index contributed by atoms with van der Waals surface area (Å²) in [5, 5.41) is 8.95. The number of rotatable bonds is 4. The van der Waals surface area contributed by atoms with Crippen LogP contribution in [0.1, 0.15) is 58.9 Å². The zero-order chi connectivity index (χ0) is 15.7. The molecule has 0 spiro atoms. The minimum Gasteiger partial charge on any atom is -0.336 e. The van der Waals surface area contributed by atoms with Gasteiger partial charge in [-0.1, -0.05) is 24.6 Å². The molecule has 2 aliphatic rings. The molecule has 5 nitrogen and oxygen atoms in total. The van der Waals surface area contributed by atoms with E-state index in [-0.39, 0.29) is 5.91 Å². The molecule has 122 valence electrons. The molecule has 2 fully saturated rings. The second kappa shape index (κ2) is 6.60. The molecule has 1 aromatic rings. The third-order valence-corrected chi connectivity index (χ3v) is 6.00. The molecule has 6 heteroatoms. The Labute approximate surface area is 136 Å². The standard InChI is InChI=1S/C16H26N4OS/c1-11(2)19-10-17-18-16(19)22-9-15(21)20-12(3)8-13-6-4-5-7-14(13)20/h10-14H,4-9H2,1-3H3. The number of carbonyl (C=O) groups excluding carboxylic acids is 1. The monoisotopic (exact) mass is 322 g/mol. The van der Waals surface area contributed by atoms with Crippen LogP contribution in [0.3, 0.4) is 0 Å². The van der Waals surface area contributed by atoms with Gasteiger partial charge in [0, 0.05) is 18.1 Å². The van der Waals surface area contributed by atoms with E-state index in [1.54, 1.807) is 6.33 Å². The van der Waals surface area contributed by atoms with Gasteiger partial charge >= 0.3 is 0 Å². The normalized spacial score (nSPS) is 28.2. The van der Waals surface area contributed by atoms with Crippen LogP contribution in [0.25, 0.3) is 0 Å². The first-order valence-corrected chi connectivity index (χ1v) is 9.40. The summed E-state index contributed by atoms with van der Waals surface area (Å²) in [4.78, 5) is 14.9. The van der Waals surface area contributed by atoms with Crippen LogP contribution in [0.15, 0.2) is 11.5 Å². The van der Waals surface area contributed by atoms with E-state index in [9.17, 15) is 4.79 Å². The lowest BCUT2D eigenvalue weighted by Crippen LogP contribution is -2.43. The van der Waals surface area contributed by atoms with Crippen molar-refractivity contribution in [3.8, 4) is 0 Å². The topological polar surface area (TPSA) is 51.0 Å². The van der Waals surface area contributed by atoms with Crippen molar-refractivity contribution in [2.75, 3.05) is 5.75 Å². The van der Waals surface area contributed by atoms with Gasteiger partial charge in [-0.05, 0) is 46.0 Å². The van der Waals surface area contributed by atoms with Crippen molar-refractivity contribution in [3.05, 3.63) is 6.33 Å². The number of carbonyl (C=O) groups is 1. The van der Waals surface area contributed by atoms with Crippen molar-refractivity contribution in [1.29, 1.82) is 0 Å². The summed E-state index contributed by atoms with van der Waals surface area (Å²) in [6.45, 7) is 6.41. The van der Waals surface area contributed by atoms with E-state index in [4.69, 9.17) is 0 Å². The van der Waals surface area contributed by atoms with Gasteiger partial charge in [0.25, 0.3) is 0 Å². The Morgan fingerprint density at radius 1 is 1.41 bits per heavy atom. The number of aromatic nitrogens is 3. The van der Waals surface area contributed by atoms with Crippen molar-refractivity contribution >= 4 is 17.7 Å². The number of likely N-dealkylation sites (tertiary alicyclic amines) is 1. The zero-order valence-corrected chi connectivity index (χ0v) is 14.6. The number of hydrogen-bond donors (Lipinski definition) is 0. The van der Waals surface area contributed by atoms with Crippen molar-refractivity contribution in [3.63, 3.8) is 0 Å². The molecule has 22 heavy (non-hydrogen) atoms. The predicted molar refractivity (Wildman–Crippen MR) is 87.8 cm³/mol. The zero-order valence-electron chi connectivity index (χ0n) is 13.7. The van der Waals surface area contributed by atoms with Crippen molar-refractivity contribution in [2.45, 2.75) is 76.2 Å². The van der Waals surface area contributed by atoms with Crippen LogP contribution in [-0.2, 0) is 4.79 Å². The van der Waals surface area contributed by atoms with Gasteiger partial charge < -0.3 is 9.47 Å². The molecule has 1 aliphatic heterocycles. The fraction of sp³-hybridized carbons (Fsp3) is 0.812. The SMILES string of the molecule is CC1CC2CCCCC2N1C(=O)CSc1nncn1C(C)C. The molecule has 0 aromatic carbocycles. The molecule has 0 N–H and O–H groups in total. The highest BCUT2D eigenvalue weighted by Gasteiger charge is 2.42. The van der Waals surface area contributed by atoms with Gasteiger partial charge in [0.05, 0.1) is 5.75 Å². The molecule has 0 bridgehead atoms. The molecule has 1 aliphatic carbocycles. The van der Waals surface area contributed by atoms with Gasteiger partial charge in [0.2, 0.25) is 5.91 Å². The number of fused-ring (bicyclic) bond motifs is 1. The van der Waals surface area contributed by atoms with Gasteiger partial charge in [-0.3, -0.25) is 4.79 Å². The lowest BCUT2D eigenvalue weighted by atomic mass is 9.85. The molecule has 3 unspecified atom stereocenters. The van der Waals surface area contributed by atoms with E-state index < -0.39 is 0 Å². The smallest absolute Gasteiger partial charge is 0.233 e. The molecule has 1 saturated heterocycles. The van der Waals surface area contributed by atoms with E-state index >= 15 is 0 Å². The molecule has 2 heterocycles. The Bertz CT molecular complexity index is 530. The van der Waals surface area contributed by atoms with Gasteiger partial charge in [-0.15, -0.1) is 10.2 Å². The average molecular weight is 322 g/mol. The summed E-state index contributed by atoms with van der Waals surface area (Å²) < 4.78 is 2.02. The van der Waals surface area contributed by atoms with Crippen LogP contribution in [0.2, 0.25) is 0 Å². The van der Waals surface area contributed by atoms with E-state index in [0.717, 1.165) is 11.1 Å². The summed E-state index contributed by atoms with van der Waals surface area (Å²) in [5.74, 6) is 1.47. The Morgan fingerprint density at radius 3 is 2.95 bits per heavy atom. The maximum absolute atomic E-state index is 12.7. The summed E-state index contributed by atoms with van der Waals surface area (Å²) >= 11 is 1.52. The highest BCUT2D eigenvalue weighted by molar-refractivity contribution is 7.99. The average Bonchev–Trinajstić information content (AvgIpc) is 3.07. The first kappa shape index (κ1) is 15.8. The predicted octanol–water partition coefficient (Wildman–Crippen LogP) is 3.13. The minimum atomic E-state index is 0.269. The van der Waals surface area contributed by atoms with Gasteiger partial charge in [0.15, 0.2) is 5.16 Å². The number of amides is 1. The van der Waals surface area contributed by atoms with E-state index in [0.29, 0.717) is 23.9 Å². The second-order valence-electron chi connectivity index (χ2n) is 6.90. The first-order valence-electron chi connectivity index (χ1n) is 8.41. The van der Waals surface area contributed by atoms with Crippen molar-refractivity contribution in [2.24, 2.45) is 5.92 Å². The lowest BCUT2D eigenvalue weighted by molar-refractivity contribution is -0.131. The summed E-state index contributed by atoms with van der Waals surface area (Å²) in [6, 6.07) is 1.20. The number of thioether (sulfide) groups is 1. The maximum Gasteiger partial charge on any atom is 0.233 e. The van der Waals surface area contributed by atoms with Crippen LogP contribution >= 0.6 is 11.8 Å². The van der Waals surface area contributed by atoms with Crippen LogP contribution in [0, 0.1) is 5.92 Å². The highest BCUT2D eigenvalue weighted by atomic mass is 32.2. The molecule has 1 amide bonds. The van der Waals surface area contributed by atoms with Gasteiger partial charge in [0.1, 0.15) is 6.33 Å². The third kappa shape index (κ3) is 3.03. The summed E-state index contributed by atoms with van der Waals surface area (Å²) in [6.07, 6.45) is 8.02. The molecule has 3 atom stereocenters. The summed E-state index contributed by atoms with van der Waals surface area (Å²) in [7, 11) is 0. The lowest BCUT2D eigenvalue weighted by Gasteiger charge is -2.33. The maximum atomic E-state index is 12.7. The Kier molecular flexibility index (Phi) is 4.76.